The predicted octanol–water partition coefficient (Wildman–Crippen LogP) is -2.26. The minimum Gasteiger partial charge on any atom is -0.431 e. The van der Waals surface area contributed by atoms with Gasteiger partial charge >= 0.3 is 5.97 Å². The van der Waals surface area contributed by atoms with Gasteiger partial charge in [0, 0.05) is 0 Å². The fourth-order valence-electron chi connectivity index (χ4n) is 1.32. The highest BCUT2D eigenvalue weighted by Crippen LogP contribution is 2.21. The van der Waals surface area contributed by atoms with Gasteiger partial charge in [-0.25, -0.2) is 4.79 Å². The summed E-state index contributed by atoms with van der Waals surface area (Å²) in [5.41, 5.74) is 0. The van der Waals surface area contributed by atoms with Crippen molar-refractivity contribution < 1.29 is 34.7 Å². The first kappa shape index (κ1) is 13.3. The van der Waals surface area contributed by atoms with Gasteiger partial charge in [-0.15, -0.1) is 0 Å². The summed E-state index contributed by atoms with van der Waals surface area (Å²) in [6.45, 7) is 2.66. The maximum absolute atomic E-state index is 11.0. The first-order chi connectivity index (χ1) is 7.34. The molecule has 1 saturated heterocycles. The Morgan fingerprint density at radius 2 is 1.81 bits per heavy atom. The smallest absolute Gasteiger partial charge is 0.337 e. The van der Waals surface area contributed by atoms with Gasteiger partial charge in [0.2, 0.25) is 6.29 Å². The van der Waals surface area contributed by atoms with Crippen LogP contribution in [0.25, 0.3) is 0 Å². The van der Waals surface area contributed by atoms with Gasteiger partial charge in [0.1, 0.15) is 24.4 Å². The summed E-state index contributed by atoms with van der Waals surface area (Å²) in [6.07, 6.45) is -7.79. The molecule has 16 heavy (non-hydrogen) atoms. The topological polar surface area (TPSA) is 116 Å². The molecule has 2 unspecified atom stereocenters. The summed E-state index contributed by atoms with van der Waals surface area (Å²) in [6, 6.07) is 0. The standard InChI is InChI=1S/C9H16O7/c1-3(10)8(14)16-9-7(13)6(12)5(11)4(2)15-9/h3-7,9-13H,1-2H3/t3?,4-,5+,6+,7-,9?/m0/s1. The van der Waals surface area contributed by atoms with E-state index in [0.717, 1.165) is 0 Å². The Bertz CT molecular complexity index is 254. The molecule has 1 fully saturated rings. The summed E-state index contributed by atoms with van der Waals surface area (Å²) in [5.74, 6) is -0.972. The van der Waals surface area contributed by atoms with Crippen molar-refractivity contribution in [3.8, 4) is 0 Å². The minimum absolute atomic E-state index is 0.787. The normalized spacial score (nSPS) is 41.5. The molecule has 1 aliphatic heterocycles. The van der Waals surface area contributed by atoms with Gasteiger partial charge in [-0.3, -0.25) is 0 Å². The van der Waals surface area contributed by atoms with Gasteiger partial charge in [0.05, 0.1) is 6.10 Å². The monoisotopic (exact) mass is 236 g/mol. The van der Waals surface area contributed by atoms with Crippen LogP contribution in [0.15, 0.2) is 0 Å². The van der Waals surface area contributed by atoms with Crippen molar-refractivity contribution in [1.82, 2.24) is 0 Å². The second-order valence-electron chi connectivity index (χ2n) is 3.79. The molecule has 0 aromatic carbocycles. The third kappa shape index (κ3) is 2.69. The molecule has 0 aliphatic carbocycles. The minimum atomic E-state index is -1.55. The van der Waals surface area contributed by atoms with E-state index in [9.17, 15) is 20.1 Å². The average molecular weight is 236 g/mol. The zero-order valence-corrected chi connectivity index (χ0v) is 8.98. The molecule has 0 bridgehead atoms. The Morgan fingerprint density at radius 1 is 1.25 bits per heavy atom. The molecule has 1 heterocycles. The van der Waals surface area contributed by atoms with E-state index < -0.39 is 42.8 Å². The zero-order chi connectivity index (χ0) is 12.5. The van der Waals surface area contributed by atoms with E-state index in [1.807, 2.05) is 0 Å². The number of carbonyl (C=O) groups excluding carboxylic acids is 1. The van der Waals surface area contributed by atoms with E-state index in [-0.39, 0.29) is 0 Å². The average Bonchev–Trinajstić information content (AvgIpc) is 2.22. The maximum atomic E-state index is 11.0. The Hall–Kier alpha value is -0.730. The van der Waals surface area contributed by atoms with Crippen LogP contribution in [0.5, 0.6) is 0 Å². The highest BCUT2D eigenvalue weighted by Gasteiger charge is 2.43. The third-order valence-corrected chi connectivity index (χ3v) is 2.38. The summed E-state index contributed by atoms with van der Waals surface area (Å²) in [4.78, 5) is 11.0. The molecule has 1 rings (SSSR count). The Labute approximate surface area is 92.2 Å². The van der Waals surface area contributed by atoms with Gasteiger partial charge in [-0.05, 0) is 13.8 Å². The maximum Gasteiger partial charge on any atom is 0.337 e. The first-order valence-electron chi connectivity index (χ1n) is 4.92. The molecule has 7 nitrogen and oxygen atoms in total. The number of hydrogen-bond acceptors (Lipinski definition) is 7. The molecule has 4 N–H and O–H groups in total. The fourth-order valence-corrected chi connectivity index (χ4v) is 1.32. The van der Waals surface area contributed by atoms with Crippen molar-refractivity contribution in [2.45, 2.75) is 50.7 Å². The van der Waals surface area contributed by atoms with Gasteiger partial charge < -0.3 is 29.9 Å². The van der Waals surface area contributed by atoms with E-state index in [2.05, 4.69) is 4.74 Å². The van der Waals surface area contributed by atoms with Crippen LogP contribution in [0, 0.1) is 0 Å². The predicted molar refractivity (Wildman–Crippen MR) is 50.1 cm³/mol. The Morgan fingerprint density at radius 3 is 2.31 bits per heavy atom. The largest absolute Gasteiger partial charge is 0.431 e. The summed E-state index contributed by atoms with van der Waals surface area (Å²) in [7, 11) is 0. The van der Waals surface area contributed by atoms with Crippen LogP contribution >= 0.6 is 0 Å². The second-order valence-corrected chi connectivity index (χ2v) is 3.79. The molecule has 0 amide bonds. The molecule has 94 valence electrons. The molecule has 0 saturated carbocycles. The third-order valence-electron chi connectivity index (χ3n) is 2.38. The Balaban J connectivity index is 2.64. The molecule has 7 heteroatoms. The van der Waals surface area contributed by atoms with Crippen LogP contribution in [-0.4, -0.2) is 63.2 Å². The van der Waals surface area contributed by atoms with E-state index in [1.165, 1.54) is 13.8 Å². The molecular weight excluding hydrogens is 220 g/mol. The van der Waals surface area contributed by atoms with E-state index in [0.29, 0.717) is 0 Å². The van der Waals surface area contributed by atoms with Crippen LogP contribution in [0.3, 0.4) is 0 Å². The number of aliphatic hydroxyl groups excluding tert-OH is 4. The highest BCUT2D eigenvalue weighted by atomic mass is 16.7. The van der Waals surface area contributed by atoms with Crippen LogP contribution in [0.2, 0.25) is 0 Å². The van der Waals surface area contributed by atoms with Crippen molar-refractivity contribution in [2.75, 3.05) is 0 Å². The van der Waals surface area contributed by atoms with Gasteiger partial charge in [0.15, 0.2) is 0 Å². The van der Waals surface area contributed by atoms with Gasteiger partial charge in [-0.1, -0.05) is 0 Å². The van der Waals surface area contributed by atoms with Crippen LogP contribution in [0.4, 0.5) is 0 Å². The number of rotatable bonds is 2. The quantitative estimate of drug-likeness (QED) is 0.400. The van der Waals surface area contributed by atoms with Crippen LogP contribution in [0.1, 0.15) is 13.8 Å². The number of ether oxygens (including phenoxy) is 2. The fraction of sp³-hybridized carbons (Fsp3) is 0.889. The van der Waals surface area contributed by atoms with Gasteiger partial charge in [0.25, 0.3) is 0 Å². The lowest BCUT2D eigenvalue weighted by molar-refractivity contribution is -0.286. The second kappa shape index (κ2) is 5.07. The lowest BCUT2D eigenvalue weighted by Crippen LogP contribution is -2.58. The number of esters is 1. The number of aliphatic hydroxyl groups is 4. The SMILES string of the molecule is CC(O)C(=O)OC1O[C@@H](C)[C@@H](O)[C@@H](O)[C@@H]1O. The molecular formula is C9H16O7. The van der Waals surface area contributed by atoms with Crippen LogP contribution in [-0.2, 0) is 14.3 Å². The van der Waals surface area contributed by atoms with Crippen molar-refractivity contribution in [2.24, 2.45) is 0 Å². The molecule has 0 aromatic rings. The van der Waals surface area contributed by atoms with Crippen molar-refractivity contribution in [3.63, 3.8) is 0 Å². The van der Waals surface area contributed by atoms with E-state index in [4.69, 9.17) is 9.84 Å². The molecule has 0 radical (unpaired) electrons. The van der Waals surface area contributed by atoms with E-state index in [1.54, 1.807) is 0 Å². The van der Waals surface area contributed by atoms with Crippen molar-refractivity contribution in [3.05, 3.63) is 0 Å². The number of carbonyl (C=O) groups is 1. The van der Waals surface area contributed by atoms with E-state index >= 15 is 0 Å². The lowest BCUT2D eigenvalue weighted by atomic mass is 10.0. The number of hydrogen-bond donors (Lipinski definition) is 4. The first-order valence-corrected chi connectivity index (χ1v) is 4.92. The molecule has 0 spiro atoms. The van der Waals surface area contributed by atoms with Crippen LogP contribution < -0.4 is 0 Å². The molecule has 0 aromatic heterocycles. The molecule has 1 aliphatic rings. The van der Waals surface area contributed by atoms with Crippen molar-refractivity contribution in [1.29, 1.82) is 0 Å². The molecule has 6 atom stereocenters. The lowest BCUT2D eigenvalue weighted by Gasteiger charge is -2.38. The summed E-state index contributed by atoms with van der Waals surface area (Å²) in [5, 5.41) is 37.1. The van der Waals surface area contributed by atoms with Crippen molar-refractivity contribution >= 4 is 5.97 Å². The summed E-state index contributed by atoms with van der Waals surface area (Å²) < 4.78 is 9.61. The van der Waals surface area contributed by atoms with Gasteiger partial charge in [-0.2, -0.15) is 0 Å². The Kier molecular flexibility index (Phi) is 4.22. The summed E-state index contributed by atoms with van der Waals surface area (Å²) >= 11 is 0. The highest BCUT2D eigenvalue weighted by molar-refractivity contribution is 5.73. The zero-order valence-electron chi connectivity index (χ0n) is 8.98.